The smallest absolute Gasteiger partial charge is 0.251 e. The molecule has 0 saturated carbocycles. The molecule has 1 saturated heterocycles. The van der Waals surface area contributed by atoms with Crippen LogP contribution in [0.5, 0.6) is 0 Å². The van der Waals surface area contributed by atoms with E-state index in [1.165, 1.54) is 0 Å². The molecule has 3 heteroatoms. The van der Waals surface area contributed by atoms with E-state index < -0.39 is 6.10 Å². The predicted molar refractivity (Wildman–Crippen MR) is 46.6 cm³/mol. The molecule has 0 aromatic rings. The van der Waals surface area contributed by atoms with Crippen molar-refractivity contribution in [2.45, 2.75) is 39.3 Å². The molecule has 0 bridgehead atoms. The molecule has 1 amide bonds. The van der Waals surface area contributed by atoms with Gasteiger partial charge in [0.25, 0.3) is 5.91 Å². The van der Waals surface area contributed by atoms with Crippen LogP contribution in [0.4, 0.5) is 0 Å². The van der Waals surface area contributed by atoms with Crippen LogP contribution in [0.1, 0.15) is 27.2 Å². The normalized spacial score (nSPS) is 30.4. The van der Waals surface area contributed by atoms with Gasteiger partial charge in [-0.25, -0.2) is 0 Å². The minimum Gasteiger partial charge on any atom is -0.383 e. The van der Waals surface area contributed by atoms with Crippen LogP contribution < -0.4 is 0 Å². The van der Waals surface area contributed by atoms with Crippen molar-refractivity contribution in [3.8, 4) is 0 Å². The Kier molecular flexibility index (Phi) is 2.73. The predicted octanol–water partition coefficient (Wildman–Crippen LogP) is 0.624. The Morgan fingerprint density at radius 3 is 2.58 bits per heavy atom. The fourth-order valence-corrected chi connectivity index (χ4v) is 1.62. The molecule has 1 heterocycles. The largest absolute Gasteiger partial charge is 0.383 e. The van der Waals surface area contributed by atoms with E-state index in [2.05, 4.69) is 13.8 Å². The van der Waals surface area contributed by atoms with Crippen LogP contribution >= 0.6 is 0 Å². The van der Waals surface area contributed by atoms with Gasteiger partial charge >= 0.3 is 0 Å². The maximum atomic E-state index is 11.3. The van der Waals surface area contributed by atoms with Crippen molar-refractivity contribution >= 4 is 5.91 Å². The zero-order valence-corrected chi connectivity index (χ0v) is 7.95. The third kappa shape index (κ3) is 1.78. The Bertz CT molecular complexity index is 179. The Morgan fingerprint density at radius 2 is 2.25 bits per heavy atom. The number of rotatable bonds is 2. The molecular weight excluding hydrogens is 154 g/mol. The number of nitrogens with zero attached hydrogens (tertiary/aromatic N) is 1. The lowest BCUT2D eigenvalue weighted by Crippen LogP contribution is -2.36. The van der Waals surface area contributed by atoms with Gasteiger partial charge in [-0.05, 0) is 12.8 Å². The van der Waals surface area contributed by atoms with Crippen LogP contribution in [0.3, 0.4) is 0 Å². The minimum atomic E-state index is -0.751. The summed E-state index contributed by atoms with van der Waals surface area (Å²) in [5, 5.41) is 9.26. The number of carbonyl (C=O) groups is 1. The third-order valence-corrected chi connectivity index (χ3v) is 2.23. The Morgan fingerprint density at radius 1 is 1.67 bits per heavy atom. The molecule has 0 aromatic carbocycles. The SMILES string of the molecule is CC(C)CN1C(=O)[C@@H](O)CC1C. The summed E-state index contributed by atoms with van der Waals surface area (Å²) in [4.78, 5) is 13.1. The highest BCUT2D eigenvalue weighted by Gasteiger charge is 2.35. The summed E-state index contributed by atoms with van der Waals surface area (Å²) in [6.45, 7) is 6.89. The molecule has 1 rings (SSSR count). The van der Waals surface area contributed by atoms with E-state index >= 15 is 0 Å². The van der Waals surface area contributed by atoms with E-state index in [9.17, 15) is 9.90 Å². The van der Waals surface area contributed by atoms with Crippen molar-refractivity contribution < 1.29 is 9.90 Å². The molecule has 3 nitrogen and oxygen atoms in total. The summed E-state index contributed by atoms with van der Waals surface area (Å²) in [6, 6.07) is 0.204. The summed E-state index contributed by atoms with van der Waals surface area (Å²) in [5.74, 6) is 0.373. The van der Waals surface area contributed by atoms with E-state index in [0.29, 0.717) is 12.3 Å². The van der Waals surface area contributed by atoms with Crippen LogP contribution in [0, 0.1) is 5.92 Å². The molecule has 1 N–H and O–H groups in total. The summed E-state index contributed by atoms with van der Waals surface area (Å²) < 4.78 is 0. The van der Waals surface area contributed by atoms with Gasteiger partial charge in [-0.1, -0.05) is 13.8 Å². The Labute approximate surface area is 73.4 Å². The standard InChI is InChI=1S/C9H17NO2/c1-6(2)5-10-7(3)4-8(11)9(10)12/h6-8,11H,4-5H2,1-3H3/t7?,8-/m0/s1. The Hall–Kier alpha value is -0.570. The highest BCUT2D eigenvalue weighted by molar-refractivity contribution is 5.83. The fourth-order valence-electron chi connectivity index (χ4n) is 1.62. The molecular formula is C9H17NO2. The van der Waals surface area contributed by atoms with Crippen LogP contribution in [-0.4, -0.2) is 34.6 Å². The number of likely N-dealkylation sites (tertiary alicyclic amines) is 1. The monoisotopic (exact) mass is 171 g/mol. The number of amides is 1. The summed E-state index contributed by atoms with van der Waals surface area (Å²) in [5.41, 5.74) is 0. The van der Waals surface area contributed by atoms with Gasteiger partial charge in [-0.2, -0.15) is 0 Å². The fraction of sp³-hybridized carbons (Fsp3) is 0.889. The molecule has 1 unspecified atom stereocenters. The quantitative estimate of drug-likeness (QED) is 0.661. The van der Waals surface area contributed by atoms with E-state index in [4.69, 9.17) is 0 Å². The van der Waals surface area contributed by atoms with Gasteiger partial charge in [-0.3, -0.25) is 4.79 Å². The minimum absolute atomic E-state index is 0.101. The zero-order chi connectivity index (χ0) is 9.30. The lowest BCUT2D eigenvalue weighted by molar-refractivity contribution is -0.135. The lowest BCUT2D eigenvalue weighted by Gasteiger charge is -2.23. The van der Waals surface area contributed by atoms with Crippen molar-refractivity contribution in [3.63, 3.8) is 0 Å². The van der Waals surface area contributed by atoms with Crippen molar-refractivity contribution in [3.05, 3.63) is 0 Å². The van der Waals surface area contributed by atoms with Crippen molar-refractivity contribution in [2.75, 3.05) is 6.54 Å². The first-order chi connectivity index (χ1) is 5.52. The summed E-state index contributed by atoms with van der Waals surface area (Å²) >= 11 is 0. The number of hydrogen-bond donors (Lipinski definition) is 1. The average molecular weight is 171 g/mol. The third-order valence-electron chi connectivity index (χ3n) is 2.23. The van der Waals surface area contributed by atoms with E-state index in [0.717, 1.165) is 6.54 Å². The second kappa shape index (κ2) is 3.44. The van der Waals surface area contributed by atoms with Gasteiger partial charge < -0.3 is 10.0 Å². The van der Waals surface area contributed by atoms with E-state index in [-0.39, 0.29) is 11.9 Å². The highest BCUT2D eigenvalue weighted by Crippen LogP contribution is 2.19. The first-order valence-electron chi connectivity index (χ1n) is 4.51. The summed E-state index contributed by atoms with van der Waals surface area (Å²) in [6.07, 6.45) is -0.162. The molecule has 2 atom stereocenters. The molecule has 0 radical (unpaired) electrons. The second-order valence-electron chi connectivity index (χ2n) is 3.98. The maximum Gasteiger partial charge on any atom is 0.251 e. The average Bonchev–Trinajstić information content (AvgIpc) is 2.16. The molecule has 1 aliphatic rings. The molecule has 70 valence electrons. The second-order valence-corrected chi connectivity index (χ2v) is 3.98. The molecule has 0 aromatic heterocycles. The lowest BCUT2D eigenvalue weighted by atomic mass is 10.2. The Balaban J connectivity index is 2.57. The number of aliphatic hydroxyl groups excluding tert-OH is 1. The molecule has 1 aliphatic heterocycles. The summed E-state index contributed by atoms with van der Waals surface area (Å²) in [7, 11) is 0. The topological polar surface area (TPSA) is 40.5 Å². The van der Waals surface area contributed by atoms with Gasteiger partial charge in [0, 0.05) is 19.0 Å². The van der Waals surface area contributed by atoms with Gasteiger partial charge in [0.05, 0.1) is 0 Å². The first-order valence-corrected chi connectivity index (χ1v) is 4.51. The molecule has 12 heavy (non-hydrogen) atoms. The number of hydrogen-bond acceptors (Lipinski definition) is 2. The van der Waals surface area contributed by atoms with Crippen molar-refractivity contribution in [1.82, 2.24) is 4.90 Å². The number of carbonyl (C=O) groups excluding carboxylic acids is 1. The van der Waals surface area contributed by atoms with Crippen LogP contribution in [0.2, 0.25) is 0 Å². The van der Waals surface area contributed by atoms with Gasteiger partial charge in [0.1, 0.15) is 6.10 Å². The van der Waals surface area contributed by atoms with Crippen molar-refractivity contribution in [1.29, 1.82) is 0 Å². The molecule has 0 aliphatic carbocycles. The molecule has 0 spiro atoms. The molecule has 1 fully saturated rings. The first kappa shape index (κ1) is 9.52. The highest BCUT2D eigenvalue weighted by atomic mass is 16.3. The number of aliphatic hydroxyl groups is 1. The van der Waals surface area contributed by atoms with Crippen LogP contribution in [0.15, 0.2) is 0 Å². The van der Waals surface area contributed by atoms with Gasteiger partial charge in [-0.15, -0.1) is 0 Å². The van der Waals surface area contributed by atoms with Crippen LogP contribution in [0.25, 0.3) is 0 Å². The van der Waals surface area contributed by atoms with Gasteiger partial charge in [0.15, 0.2) is 0 Å². The van der Waals surface area contributed by atoms with Gasteiger partial charge in [0.2, 0.25) is 0 Å². The van der Waals surface area contributed by atoms with Crippen molar-refractivity contribution in [2.24, 2.45) is 5.92 Å². The van der Waals surface area contributed by atoms with Crippen LogP contribution in [-0.2, 0) is 4.79 Å². The maximum absolute atomic E-state index is 11.3. The van der Waals surface area contributed by atoms with E-state index in [1.54, 1.807) is 4.90 Å². The zero-order valence-electron chi connectivity index (χ0n) is 7.95. The van der Waals surface area contributed by atoms with E-state index in [1.807, 2.05) is 6.92 Å².